The first-order valence-corrected chi connectivity index (χ1v) is 7.83. The van der Waals surface area contributed by atoms with Crippen molar-refractivity contribution in [1.82, 2.24) is 4.90 Å². The molecular formula is C16H20ClNO2. The minimum Gasteiger partial charge on any atom is -0.370 e. The number of halogens is 1. The number of amides is 1. The maximum atomic E-state index is 12.6. The number of morpholine rings is 1. The van der Waals surface area contributed by atoms with Gasteiger partial charge in [-0.3, -0.25) is 4.79 Å². The van der Waals surface area contributed by atoms with Crippen molar-refractivity contribution in [3.05, 3.63) is 34.9 Å². The van der Waals surface area contributed by atoms with Crippen LogP contribution in [-0.4, -0.2) is 42.0 Å². The Bertz CT molecular complexity index is 517. The average molecular weight is 294 g/mol. The van der Waals surface area contributed by atoms with Crippen LogP contribution in [0.15, 0.2) is 18.2 Å². The lowest BCUT2D eigenvalue weighted by molar-refractivity contribution is -0.0570. The first-order chi connectivity index (χ1) is 9.67. The molecule has 1 heterocycles. The summed E-state index contributed by atoms with van der Waals surface area (Å²) in [5.41, 5.74) is 3.54. The van der Waals surface area contributed by atoms with Crippen LogP contribution in [0.1, 0.15) is 34.8 Å². The molecule has 1 aromatic rings. The van der Waals surface area contributed by atoms with Gasteiger partial charge in [-0.25, -0.2) is 0 Å². The number of nitrogens with zero attached hydrogens (tertiary/aromatic N) is 1. The minimum absolute atomic E-state index is 0.0471. The molecule has 2 aliphatic rings. The molecule has 1 aliphatic carbocycles. The Morgan fingerprint density at radius 3 is 2.95 bits per heavy atom. The maximum absolute atomic E-state index is 12.6. The molecule has 3 nitrogen and oxygen atoms in total. The Kier molecular flexibility index (Phi) is 3.99. The van der Waals surface area contributed by atoms with Crippen molar-refractivity contribution >= 4 is 17.5 Å². The molecule has 108 valence electrons. The van der Waals surface area contributed by atoms with E-state index in [1.807, 2.05) is 17.9 Å². The number of carbonyl (C=O) groups excluding carboxylic acids is 1. The molecule has 0 bridgehead atoms. The molecule has 0 aromatic heterocycles. The molecule has 2 unspecified atom stereocenters. The van der Waals surface area contributed by atoms with Crippen LogP contribution in [-0.2, 0) is 17.6 Å². The van der Waals surface area contributed by atoms with Gasteiger partial charge >= 0.3 is 0 Å². The second-order valence-electron chi connectivity index (χ2n) is 5.77. The summed E-state index contributed by atoms with van der Waals surface area (Å²) in [7, 11) is 0. The van der Waals surface area contributed by atoms with E-state index in [0.29, 0.717) is 19.0 Å². The fourth-order valence-electron chi connectivity index (χ4n) is 3.18. The lowest BCUT2D eigenvalue weighted by atomic mass is 10.0. The fraction of sp³-hybridized carbons (Fsp3) is 0.562. The number of hydrogen-bond acceptors (Lipinski definition) is 2. The molecule has 1 amide bonds. The number of benzene rings is 1. The van der Waals surface area contributed by atoms with Crippen LogP contribution < -0.4 is 0 Å². The van der Waals surface area contributed by atoms with Crippen molar-refractivity contribution in [2.75, 3.05) is 19.0 Å². The maximum Gasteiger partial charge on any atom is 0.254 e. The third kappa shape index (κ3) is 2.70. The normalized spacial score (nSPS) is 25.6. The van der Waals surface area contributed by atoms with Crippen molar-refractivity contribution in [2.45, 2.75) is 38.4 Å². The molecule has 1 aliphatic heterocycles. The second kappa shape index (κ2) is 5.74. The molecule has 0 spiro atoms. The second-order valence-corrected chi connectivity index (χ2v) is 6.08. The Morgan fingerprint density at radius 1 is 1.35 bits per heavy atom. The summed E-state index contributed by atoms with van der Waals surface area (Å²) in [4.78, 5) is 14.5. The average Bonchev–Trinajstić information content (AvgIpc) is 2.93. The SMILES string of the molecule is CC1CN(C(=O)c2ccc3c(c2)CCC3)CC(CCl)O1. The molecule has 0 saturated carbocycles. The standard InChI is InChI=1S/C16H20ClNO2/c1-11-9-18(10-15(8-17)20-11)16(19)14-6-5-12-3-2-4-13(12)7-14/h5-7,11,15H,2-4,8-10H2,1H3. The van der Waals surface area contributed by atoms with E-state index < -0.39 is 0 Å². The van der Waals surface area contributed by atoms with E-state index in [1.54, 1.807) is 0 Å². The zero-order chi connectivity index (χ0) is 14.1. The van der Waals surface area contributed by atoms with Crippen LogP contribution in [0.25, 0.3) is 0 Å². The summed E-state index contributed by atoms with van der Waals surface area (Å²) in [5.74, 6) is 0.531. The van der Waals surface area contributed by atoms with Crippen molar-refractivity contribution in [2.24, 2.45) is 0 Å². The van der Waals surface area contributed by atoms with Gasteiger partial charge in [0.1, 0.15) is 0 Å². The van der Waals surface area contributed by atoms with Crippen LogP contribution in [0.5, 0.6) is 0 Å². The number of alkyl halides is 1. The molecule has 0 N–H and O–H groups in total. The molecule has 1 saturated heterocycles. The van der Waals surface area contributed by atoms with Crippen LogP contribution in [0, 0.1) is 0 Å². The number of carbonyl (C=O) groups is 1. The summed E-state index contributed by atoms with van der Waals surface area (Å²) < 4.78 is 5.70. The first-order valence-electron chi connectivity index (χ1n) is 7.30. The largest absolute Gasteiger partial charge is 0.370 e. The van der Waals surface area contributed by atoms with Gasteiger partial charge in [-0.15, -0.1) is 11.6 Å². The molecule has 0 radical (unpaired) electrons. The van der Waals surface area contributed by atoms with Gasteiger partial charge in [0.25, 0.3) is 5.91 Å². The monoisotopic (exact) mass is 293 g/mol. The molecule has 3 rings (SSSR count). The van der Waals surface area contributed by atoms with Gasteiger partial charge in [-0.1, -0.05) is 6.07 Å². The van der Waals surface area contributed by atoms with E-state index in [-0.39, 0.29) is 18.1 Å². The number of ether oxygens (including phenoxy) is 1. The van der Waals surface area contributed by atoms with Gasteiger partial charge in [0.15, 0.2) is 0 Å². The van der Waals surface area contributed by atoms with Crippen LogP contribution in [0.4, 0.5) is 0 Å². The highest BCUT2D eigenvalue weighted by Crippen LogP contribution is 2.24. The summed E-state index contributed by atoms with van der Waals surface area (Å²) >= 11 is 5.88. The molecule has 2 atom stereocenters. The predicted molar refractivity (Wildman–Crippen MR) is 79.4 cm³/mol. The highest BCUT2D eigenvalue weighted by molar-refractivity contribution is 6.18. The number of aryl methyl sites for hydroxylation is 2. The van der Waals surface area contributed by atoms with Crippen molar-refractivity contribution in [3.8, 4) is 0 Å². The van der Waals surface area contributed by atoms with Gasteiger partial charge in [0.2, 0.25) is 0 Å². The summed E-state index contributed by atoms with van der Waals surface area (Å²) in [6.07, 6.45) is 3.44. The van der Waals surface area contributed by atoms with E-state index >= 15 is 0 Å². The number of fused-ring (bicyclic) bond motifs is 1. The van der Waals surface area contributed by atoms with Crippen LogP contribution >= 0.6 is 11.6 Å². The van der Waals surface area contributed by atoms with E-state index in [4.69, 9.17) is 16.3 Å². The predicted octanol–water partition coefficient (Wildman–Crippen LogP) is 2.64. The Balaban J connectivity index is 1.78. The van der Waals surface area contributed by atoms with Crippen LogP contribution in [0.2, 0.25) is 0 Å². The number of rotatable bonds is 2. The van der Waals surface area contributed by atoms with Gasteiger partial charge in [-0.05, 0) is 49.4 Å². The summed E-state index contributed by atoms with van der Waals surface area (Å²) in [6.45, 7) is 3.22. The zero-order valence-corrected chi connectivity index (χ0v) is 12.5. The van der Waals surface area contributed by atoms with Crippen molar-refractivity contribution < 1.29 is 9.53 Å². The quantitative estimate of drug-likeness (QED) is 0.785. The lowest BCUT2D eigenvalue weighted by Gasteiger charge is -2.36. The van der Waals surface area contributed by atoms with Gasteiger partial charge in [-0.2, -0.15) is 0 Å². The highest BCUT2D eigenvalue weighted by atomic mass is 35.5. The molecule has 1 aromatic carbocycles. The third-order valence-corrected chi connectivity index (χ3v) is 4.48. The van der Waals surface area contributed by atoms with Crippen molar-refractivity contribution in [3.63, 3.8) is 0 Å². The minimum atomic E-state index is -0.0567. The first kappa shape index (κ1) is 13.9. The Labute approximate surface area is 124 Å². The van der Waals surface area contributed by atoms with Crippen molar-refractivity contribution in [1.29, 1.82) is 0 Å². The fourth-order valence-corrected chi connectivity index (χ4v) is 3.35. The molecule has 4 heteroatoms. The zero-order valence-electron chi connectivity index (χ0n) is 11.8. The lowest BCUT2D eigenvalue weighted by Crippen LogP contribution is -2.49. The topological polar surface area (TPSA) is 29.5 Å². The van der Waals surface area contributed by atoms with Gasteiger partial charge in [0.05, 0.1) is 18.1 Å². The van der Waals surface area contributed by atoms with E-state index in [9.17, 15) is 4.79 Å². The van der Waals surface area contributed by atoms with E-state index in [1.165, 1.54) is 17.5 Å². The number of hydrogen-bond donors (Lipinski definition) is 0. The van der Waals surface area contributed by atoms with Crippen LogP contribution in [0.3, 0.4) is 0 Å². The molecular weight excluding hydrogens is 274 g/mol. The summed E-state index contributed by atoms with van der Waals surface area (Å²) in [5, 5.41) is 0. The molecule has 1 fully saturated rings. The van der Waals surface area contributed by atoms with E-state index in [2.05, 4.69) is 12.1 Å². The third-order valence-electron chi connectivity index (χ3n) is 4.13. The Morgan fingerprint density at radius 2 is 2.15 bits per heavy atom. The van der Waals surface area contributed by atoms with E-state index in [0.717, 1.165) is 18.4 Å². The molecule has 20 heavy (non-hydrogen) atoms. The Hall–Kier alpha value is -1.06. The van der Waals surface area contributed by atoms with Gasteiger partial charge in [0, 0.05) is 18.7 Å². The smallest absolute Gasteiger partial charge is 0.254 e. The van der Waals surface area contributed by atoms with Gasteiger partial charge < -0.3 is 9.64 Å². The summed E-state index contributed by atoms with van der Waals surface area (Å²) in [6, 6.07) is 6.14. The highest BCUT2D eigenvalue weighted by Gasteiger charge is 2.28.